The van der Waals surface area contributed by atoms with Gasteiger partial charge in [-0.25, -0.2) is 4.79 Å². The van der Waals surface area contributed by atoms with Crippen LogP contribution in [0.25, 0.3) is 0 Å². The minimum atomic E-state index is -0.716. The number of pyridine rings is 1. The molecule has 0 aliphatic carbocycles. The maximum atomic E-state index is 12.9. The average molecular weight is 427 g/mol. The second-order valence-electron chi connectivity index (χ2n) is 7.38. The third-order valence-corrected chi connectivity index (χ3v) is 5.25. The Balaban J connectivity index is 1.68. The van der Waals surface area contributed by atoms with E-state index in [0.29, 0.717) is 30.7 Å². The smallest absolute Gasteiger partial charge is 0.333 e. The van der Waals surface area contributed by atoms with Gasteiger partial charge in [0, 0.05) is 31.3 Å². The lowest BCUT2D eigenvalue weighted by Gasteiger charge is -2.23. The number of esters is 1. The maximum absolute atomic E-state index is 12.9. The van der Waals surface area contributed by atoms with Gasteiger partial charge in [0.25, 0.3) is 5.91 Å². The number of fused-ring (bicyclic) bond motifs is 1. The lowest BCUT2D eigenvalue weighted by molar-refractivity contribution is -0.148. The first-order chi connectivity index (χ1) is 15.1. The van der Waals surface area contributed by atoms with Crippen LogP contribution in [-0.2, 0) is 32.0 Å². The van der Waals surface area contributed by atoms with Crippen molar-refractivity contribution >= 4 is 11.9 Å². The minimum absolute atomic E-state index is 0.157. The molecule has 1 aromatic heterocycles. The van der Waals surface area contributed by atoms with Crippen LogP contribution in [0.5, 0.6) is 0 Å². The fourth-order valence-corrected chi connectivity index (χ4v) is 3.74. The van der Waals surface area contributed by atoms with Gasteiger partial charge in [-0.1, -0.05) is 37.6 Å². The van der Waals surface area contributed by atoms with Gasteiger partial charge < -0.3 is 19.1 Å². The highest BCUT2D eigenvalue weighted by molar-refractivity contribution is 6.03. The van der Waals surface area contributed by atoms with Crippen LogP contribution in [-0.4, -0.2) is 48.3 Å². The Morgan fingerprint density at radius 1 is 1.13 bits per heavy atom. The summed E-state index contributed by atoms with van der Waals surface area (Å²) in [7, 11) is 1.63. The molecule has 2 unspecified atom stereocenters. The zero-order valence-corrected chi connectivity index (χ0v) is 18.4. The Labute approximate surface area is 183 Å². The highest BCUT2D eigenvalue weighted by atomic mass is 16.7. The molecule has 1 aliphatic rings. The van der Waals surface area contributed by atoms with Crippen molar-refractivity contribution in [3.05, 3.63) is 65.0 Å². The number of amides is 1. The van der Waals surface area contributed by atoms with Gasteiger partial charge in [-0.15, -0.1) is 0 Å². The number of carbonyl (C=O) groups excluding carboxylic acids is 2. The molecule has 0 saturated heterocycles. The number of hydrogen-bond donors (Lipinski definition) is 0. The Morgan fingerprint density at radius 3 is 2.65 bits per heavy atom. The third kappa shape index (κ3) is 5.48. The highest BCUT2D eigenvalue weighted by Crippen LogP contribution is 2.34. The molecule has 0 N–H and O–H groups in total. The van der Waals surface area contributed by atoms with Crippen molar-refractivity contribution in [2.75, 3.05) is 20.3 Å². The van der Waals surface area contributed by atoms with Crippen LogP contribution in [0, 0.1) is 0 Å². The zero-order valence-electron chi connectivity index (χ0n) is 18.4. The third-order valence-electron chi connectivity index (χ3n) is 5.25. The second-order valence-corrected chi connectivity index (χ2v) is 7.38. The summed E-state index contributed by atoms with van der Waals surface area (Å²) in [5.41, 5.74) is 2.88. The predicted molar refractivity (Wildman–Crippen MR) is 115 cm³/mol. The van der Waals surface area contributed by atoms with E-state index >= 15 is 0 Å². The topological polar surface area (TPSA) is 78.0 Å². The Bertz CT molecular complexity index is 901. The summed E-state index contributed by atoms with van der Waals surface area (Å²) in [6.07, 6.45) is 2.07. The SMILES string of the molecule is CCCC(OC)OCc1cccc(CCN2C(=O)c3ccccc3C2C(=O)OCC)n1. The van der Waals surface area contributed by atoms with Gasteiger partial charge >= 0.3 is 5.97 Å². The number of rotatable bonds is 11. The molecule has 1 amide bonds. The van der Waals surface area contributed by atoms with Crippen molar-refractivity contribution in [1.82, 2.24) is 9.88 Å². The highest BCUT2D eigenvalue weighted by Gasteiger charge is 2.41. The first kappa shape index (κ1) is 22.9. The van der Waals surface area contributed by atoms with Crippen LogP contribution in [0.1, 0.15) is 60.0 Å². The fraction of sp³-hybridized carbons (Fsp3) is 0.458. The maximum Gasteiger partial charge on any atom is 0.333 e. The van der Waals surface area contributed by atoms with E-state index in [2.05, 4.69) is 11.9 Å². The van der Waals surface area contributed by atoms with Gasteiger partial charge in [-0.3, -0.25) is 9.78 Å². The summed E-state index contributed by atoms with van der Waals surface area (Å²) in [4.78, 5) is 31.8. The molecule has 0 spiro atoms. The van der Waals surface area contributed by atoms with Crippen LogP contribution in [0.4, 0.5) is 0 Å². The lowest BCUT2D eigenvalue weighted by atomic mass is 10.0. The van der Waals surface area contributed by atoms with E-state index in [4.69, 9.17) is 14.2 Å². The van der Waals surface area contributed by atoms with Crippen molar-refractivity contribution in [2.24, 2.45) is 0 Å². The molecule has 2 aromatic rings. The van der Waals surface area contributed by atoms with Crippen LogP contribution < -0.4 is 0 Å². The molecule has 31 heavy (non-hydrogen) atoms. The summed E-state index contributed by atoms with van der Waals surface area (Å²) in [6.45, 7) is 4.83. The molecule has 1 aromatic carbocycles. The van der Waals surface area contributed by atoms with E-state index in [1.807, 2.05) is 30.3 Å². The summed E-state index contributed by atoms with van der Waals surface area (Å²) in [5, 5.41) is 0. The van der Waals surface area contributed by atoms with Crippen molar-refractivity contribution in [3.8, 4) is 0 Å². The molecular formula is C24H30N2O5. The first-order valence-corrected chi connectivity index (χ1v) is 10.7. The van der Waals surface area contributed by atoms with E-state index in [9.17, 15) is 9.59 Å². The average Bonchev–Trinajstić information content (AvgIpc) is 3.07. The lowest BCUT2D eigenvalue weighted by Crippen LogP contribution is -2.35. The molecular weight excluding hydrogens is 396 g/mol. The Kier molecular flexibility index (Phi) is 8.14. The van der Waals surface area contributed by atoms with Crippen LogP contribution in [0.3, 0.4) is 0 Å². The molecule has 7 nitrogen and oxygen atoms in total. The van der Waals surface area contributed by atoms with Crippen LogP contribution >= 0.6 is 0 Å². The Morgan fingerprint density at radius 2 is 1.90 bits per heavy atom. The number of benzene rings is 1. The van der Waals surface area contributed by atoms with E-state index in [0.717, 1.165) is 24.2 Å². The monoisotopic (exact) mass is 426 g/mol. The minimum Gasteiger partial charge on any atom is -0.464 e. The number of methoxy groups -OCH3 is 1. The van der Waals surface area contributed by atoms with Gasteiger partial charge in [-0.05, 0) is 37.1 Å². The van der Waals surface area contributed by atoms with E-state index in [1.54, 1.807) is 31.1 Å². The largest absolute Gasteiger partial charge is 0.464 e. The van der Waals surface area contributed by atoms with Crippen molar-refractivity contribution in [1.29, 1.82) is 0 Å². The molecule has 2 heterocycles. The van der Waals surface area contributed by atoms with Crippen molar-refractivity contribution in [2.45, 2.75) is 52.0 Å². The molecule has 0 saturated carbocycles. The molecule has 1 aliphatic heterocycles. The van der Waals surface area contributed by atoms with E-state index in [1.165, 1.54) is 0 Å². The van der Waals surface area contributed by atoms with Crippen molar-refractivity contribution < 1.29 is 23.8 Å². The summed E-state index contributed by atoms with van der Waals surface area (Å²) in [5.74, 6) is -0.562. The summed E-state index contributed by atoms with van der Waals surface area (Å²) in [6, 6.07) is 12.2. The van der Waals surface area contributed by atoms with Crippen LogP contribution in [0.2, 0.25) is 0 Å². The molecule has 0 radical (unpaired) electrons. The van der Waals surface area contributed by atoms with Crippen LogP contribution in [0.15, 0.2) is 42.5 Å². The van der Waals surface area contributed by atoms with Gasteiger partial charge in [0.2, 0.25) is 0 Å². The number of hydrogen-bond acceptors (Lipinski definition) is 6. The molecule has 0 bridgehead atoms. The quantitative estimate of drug-likeness (QED) is 0.403. The first-order valence-electron chi connectivity index (χ1n) is 10.7. The normalized spacial score (nSPS) is 16.3. The molecule has 2 atom stereocenters. The van der Waals surface area contributed by atoms with Gasteiger partial charge in [-0.2, -0.15) is 0 Å². The standard InChI is InChI=1S/C24H30N2O5/c1-4-9-21(29-3)31-16-18-11-8-10-17(25-18)14-15-26-22(24(28)30-5-2)19-12-6-7-13-20(19)23(26)27/h6-8,10-13,21-22H,4-5,9,14-16H2,1-3H3. The summed E-state index contributed by atoms with van der Waals surface area (Å²) >= 11 is 0. The number of nitrogens with zero attached hydrogens (tertiary/aromatic N) is 2. The van der Waals surface area contributed by atoms with Gasteiger partial charge in [0.15, 0.2) is 12.3 Å². The molecule has 0 fully saturated rings. The Hall–Kier alpha value is -2.77. The second kappa shape index (κ2) is 11.0. The molecule has 7 heteroatoms. The van der Waals surface area contributed by atoms with E-state index in [-0.39, 0.29) is 18.8 Å². The molecule has 166 valence electrons. The number of ether oxygens (including phenoxy) is 3. The zero-order chi connectivity index (χ0) is 22.2. The fourth-order valence-electron chi connectivity index (χ4n) is 3.74. The predicted octanol–water partition coefficient (Wildman–Crippen LogP) is 3.67. The van der Waals surface area contributed by atoms with Gasteiger partial charge in [0.1, 0.15) is 0 Å². The van der Waals surface area contributed by atoms with Crippen molar-refractivity contribution in [3.63, 3.8) is 0 Å². The summed E-state index contributed by atoms with van der Waals surface area (Å²) < 4.78 is 16.3. The van der Waals surface area contributed by atoms with Gasteiger partial charge in [0.05, 0.1) is 18.9 Å². The van der Waals surface area contributed by atoms with E-state index < -0.39 is 12.0 Å². The molecule has 3 rings (SSSR count). The number of carbonyl (C=O) groups is 2. The number of aromatic nitrogens is 1.